The fourth-order valence-electron chi connectivity index (χ4n) is 2.79. The van der Waals surface area contributed by atoms with E-state index in [0.29, 0.717) is 0 Å². The van der Waals surface area contributed by atoms with Crippen LogP contribution in [0.25, 0.3) is 5.57 Å². The fraction of sp³-hybridized carbons (Fsp3) is 0.474. The van der Waals surface area contributed by atoms with Crippen LogP contribution in [-0.4, -0.2) is 0 Å². The van der Waals surface area contributed by atoms with E-state index in [1.165, 1.54) is 55.2 Å². The molecule has 1 aliphatic rings. The van der Waals surface area contributed by atoms with Crippen molar-refractivity contribution in [1.82, 2.24) is 0 Å². The monoisotopic (exact) mass is 254 g/mol. The molecule has 0 radical (unpaired) electrons. The van der Waals surface area contributed by atoms with E-state index in [4.69, 9.17) is 0 Å². The molecule has 0 nitrogen and oxygen atoms in total. The second kappa shape index (κ2) is 6.75. The van der Waals surface area contributed by atoms with Gasteiger partial charge < -0.3 is 0 Å². The summed E-state index contributed by atoms with van der Waals surface area (Å²) in [5.74, 6) is 0. The molecule has 0 spiro atoms. The summed E-state index contributed by atoms with van der Waals surface area (Å²) in [5, 5.41) is 0. The van der Waals surface area contributed by atoms with Gasteiger partial charge in [0.25, 0.3) is 0 Å². The lowest BCUT2D eigenvalue weighted by atomic mass is 9.98. The largest absolute Gasteiger partial charge is 0.0658 e. The maximum Gasteiger partial charge on any atom is -0.00961 e. The summed E-state index contributed by atoms with van der Waals surface area (Å²) < 4.78 is 0. The van der Waals surface area contributed by atoms with Crippen molar-refractivity contribution in [1.29, 1.82) is 0 Å². The van der Waals surface area contributed by atoms with Crippen LogP contribution in [0.15, 0.2) is 41.5 Å². The first-order valence-corrected chi connectivity index (χ1v) is 7.79. The van der Waals surface area contributed by atoms with Gasteiger partial charge in [0.1, 0.15) is 0 Å². The molecule has 0 atom stereocenters. The highest BCUT2D eigenvalue weighted by Crippen LogP contribution is 2.35. The first-order valence-electron chi connectivity index (χ1n) is 7.79. The molecular formula is C19H26. The zero-order valence-electron chi connectivity index (χ0n) is 12.6. The summed E-state index contributed by atoms with van der Waals surface area (Å²) in [6, 6.07) is 9.24. The van der Waals surface area contributed by atoms with Crippen LogP contribution in [0.4, 0.5) is 0 Å². The topological polar surface area (TPSA) is 0 Å². The Morgan fingerprint density at radius 3 is 2.26 bits per heavy atom. The molecule has 0 unspecified atom stereocenters. The van der Waals surface area contributed by atoms with Gasteiger partial charge in [-0.2, -0.15) is 0 Å². The molecule has 0 heteroatoms. The first-order chi connectivity index (χ1) is 9.28. The van der Waals surface area contributed by atoms with Crippen LogP contribution >= 0.6 is 0 Å². The lowest BCUT2D eigenvalue weighted by Gasteiger charge is -2.07. The van der Waals surface area contributed by atoms with Crippen molar-refractivity contribution in [2.24, 2.45) is 0 Å². The summed E-state index contributed by atoms with van der Waals surface area (Å²) in [5.41, 5.74) is 7.56. The van der Waals surface area contributed by atoms with Crippen molar-refractivity contribution in [2.45, 2.75) is 59.3 Å². The number of hydrogen-bond donors (Lipinski definition) is 0. The molecule has 0 bridgehead atoms. The van der Waals surface area contributed by atoms with Crippen molar-refractivity contribution in [3.63, 3.8) is 0 Å². The van der Waals surface area contributed by atoms with E-state index in [0.717, 1.165) is 0 Å². The maximum absolute atomic E-state index is 2.42. The van der Waals surface area contributed by atoms with E-state index in [-0.39, 0.29) is 0 Å². The van der Waals surface area contributed by atoms with Crippen LogP contribution in [0, 0.1) is 0 Å². The molecule has 19 heavy (non-hydrogen) atoms. The average molecular weight is 254 g/mol. The summed E-state index contributed by atoms with van der Waals surface area (Å²) in [6.07, 6.45) is 9.75. The molecular weight excluding hydrogens is 228 g/mol. The number of rotatable bonds is 6. The van der Waals surface area contributed by atoms with Crippen LogP contribution in [0.2, 0.25) is 0 Å². The predicted octanol–water partition coefficient (Wildman–Crippen LogP) is 5.93. The fourth-order valence-corrected chi connectivity index (χ4v) is 2.79. The second-order valence-corrected chi connectivity index (χ2v) is 5.50. The first kappa shape index (κ1) is 14.1. The summed E-state index contributed by atoms with van der Waals surface area (Å²) in [4.78, 5) is 0. The van der Waals surface area contributed by atoms with E-state index < -0.39 is 0 Å². The Morgan fingerprint density at radius 1 is 0.947 bits per heavy atom. The summed E-state index contributed by atoms with van der Waals surface area (Å²) in [6.45, 7) is 6.79. The number of unbranched alkanes of at least 4 members (excludes halogenated alkanes) is 1. The highest BCUT2D eigenvalue weighted by atomic mass is 14.2. The minimum Gasteiger partial charge on any atom is -0.0658 e. The molecule has 0 N–H and O–H groups in total. The molecule has 1 aliphatic carbocycles. The van der Waals surface area contributed by atoms with E-state index in [1.807, 2.05) is 0 Å². The minimum absolute atomic E-state index is 1.17. The van der Waals surface area contributed by atoms with Crippen LogP contribution in [0.1, 0.15) is 64.0 Å². The van der Waals surface area contributed by atoms with Crippen LogP contribution < -0.4 is 0 Å². The molecule has 0 aromatic heterocycles. The highest BCUT2D eigenvalue weighted by Gasteiger charge is 2.14. The van der Waals surface area contributed by atoms with Gasteiger partial charge >= 0.3 is 0 Å². The van der Waals surface area contributed by atoms with Gasteiger partial charge in [0.15, 0.2) is 0 Å². The van der Waals surface area contributed by atoms with Gasteiger partial charge in [0, 0.05) is 0 Å². The third kappa shape index (κ3) is 3.37. The zero-order valence-corrected chi connectivity index (χ0v) is 12.6. The molecule has 102 valence electrons. The van der Waals surface area contributed by atoms with Gasteiger partial charge in [0.2, 0.25) is 0 Å². The lowest BCUT2D eigenvalue weighted by molar-refractivity contribution is 0.795. The third-order valence-corrected chi connectivity index (χ3v) is 4.13. The normalized spacial score (nSPS) is 15.0. The van der Waals surface area contributed by atoms with Crippen molar-refractivity contribution in [2.75, 3.05) is 0 Å². The minimum atomic E-state index is 1.17. The molecule has 1 aromatic rings. The van der Waals surface area contributed by atoms with Gasteiger partial charge in [-0.3, -0.25) is 0 Å². The van der Waals surface area contributed by atoms with Crippen LogP contribution in [0.5, 0.6) is 0 Å². The summed E-state index contributed by atoms with van der Waals surface area (Å²) >= 11 is 0. The molecule has 0 fully saturated rings. The van der Waals surface area contributed by atoms with Gasteiger partial charge in [-0.25, -0.2) is 0 Å². The Kier molecular flexibility index (Phi) is 5.01. The molecule has 0 saturated heterocycles. The van der Waals surface area contributed by atoms with E-state index in [9.17, 15) is 0 Å². The Hall–Kier alpha value is -1.30. The number of allylic oxidation sites excluding steroid dienone is 4. The van der Waals surface area contributed by atoms with E-state index in [2.05, 4.69) is 51.1 Å². The lowest BCUT2D eigenvalue weighted by Crippen LogP contribution is -1.88. The highest BCUT2D eigenvalue weighted by molar-refractivity contribution is 5.80. The molecule has 0 saturated carbocycles. The number of aryl methyl sites for hydroxylation is 1. The number of hydrogen-bond acceptors (Lipinski definition) is 0. The van der Waals surface area contributed by atoms with Crippen LogP contribution in [-0.2, 0) is 6.42 Å². The molecule has 2 rings (SSSR count). The van der Waals surface area contributed by atoms with Crippen molar-refractivity contribution in [3.8, 4) is 0 Å². The molecule has 0 aliphatic heterocycles. The van der Waals surface area contributed by atoms with Gasteiger partial charge in [-0.05, 0) is 48.8 Å². The van der Waals surface area contributed by atoms with Crippen molar-refractivity contribution >= 4 is 5.57 Å². The van der Waals surface area contributed by atoms with Crippen molar-refractivity contribution < 1.29 is 0 Å². The van der Waals surface area contributed by atoms with Gasteiger partial charge in [0.05, 0.1) is 0 Å². The Labute approximate surface area is 118 Å². The molecule has 0 amide bonds. The Balaban J connectivity index is 2.19. The SMILES string of the molecule is CCCCc1ccc(C2=C(CC)CC(CC)=C2)cc1. The summed E-state index contributed by atoms with van der Waals surface area (Å²) in [7, 11) is 0. The van der Waals surface area contributed by atoms with E-state index in [1.54, 1.807) is 11.1 Å². The quantitative estimate of drug-likeness (QED) is 0.590. The standard InChI is InChI=1S/C19H26/c1-4-7-8-16-9-11-18(12-10-16)19-14-15(5-2)13-17(19)6-3/h9-12,14H,4-8,13H2,1-3H3. The molecule has 0 heterocycles. The van der Waals surface area contributed by atoms with E-state index >= 15 is 0 Å². The third-order valence-electron chi connectivity index (χ3n) is 4.13. The second-order valence-electron chi connectivity index (χ2n) is 5.50. The van der Waals surface area contributed by atoms with Crippen molar-refractivity contribution in [3.05, 3.63) is 52.6 Å². The average Bonchev–Trinajstić information content (AvgIpc) is 2.89. The number of benzene rings is 1. The van der Waals surface area contributed by atoms with Gasteiger partial charge in [-0.1, -0.05) is 68.7 Å². The zero-order chi connectivity index (χ0) is 13.7. The Morgan fingerprint density at radius 2 is 1.68 bits per heavy atom. The van der Waals surface area contributed by atoms with Gasteiger partial charge in [-0.15, -0.1) is 0 Å². The predicted molar refractivity (Wildman–Crippen MR) is 85.3 cm³/mol. The smallest absolute Gasteiger partial charge is 0.00961 e. The maximum atomic E-state index is 2.42. The van der Waals surface area contributed by atoms with Crippen LogP contribution in [0.3, 0.4) is 0 Å². The Bertz CT molecular complexity index is 471. The molecule has 1 aromatic carbocycles.